The summed E-state index contributed by atoms with van der Waals surface area (Å²) >= 11 is 14.5. The molecule has 4 amide bonds. The van der Waals surface area contributed by atoms with Gasteiger partial charge in [-0.2, -0.15) is 0 Å². The minimum absolute atomic E-state index is 0.124. The molecule has 0 unspecified atom stereocenters. The second-order valence-electron chi connectivity index (χ2n) is 11.3. The van der Waals surface area contributed by atoms with Crippen LogP contribution < -0.4 is 14.4 Å². The van der Waals surface area contributed by atoms with Crippen molar-refractivity contribution in [2.45, 2.75) is 41.9 Å². The number of hydrogen-bond donors (Lipinski definition) is 1. The van der Waals surface area contributed by atoms with Gasteiger partial charge in [0, 0.05) is 30.7 Å². The molecule has 220 valence electrons. The molecule has 4 aliphatic rings. The number of imide groups is 2. The van der Waals surface area contributed by atoms with E-state index >= 15 is 0 Å². The number of nitrogens with zero attached hydrogens (tertiary/aromatic N) is 2. The Bertz CT molecular complexity index is 1550. The number of halogens is 2. The number of aryl methyl sites for hydroxylation is 1. The normalized spacial score (nSPS) is 32.0. The highest BCUT2D eigenvalue weighted by molar-refractivity contribution is 6.53. The highest BCUT2D eigenvalue weighted by atomic mass is 35.5. The zero-order chi connectivity index (χ0) is 30.3. The highest BCUT2D eigenvalue weighted by Crippen LogP contribution is 2.67. The van der Waals surface area contributed by atoms with Crippen LogP contribution in [0.5, 0.6) is 17.2 Å². The second kappa shape index (κ2) is 9.74. The first-order valence-corrected chi connectivity index (χ1v) is 14.5. The monoisotopic (exact) mass is 612 g/mol. The Balaban J connectivity index is 1.55. The van der Waals surface area contributed by atoms with E-state index in [0.29, 0.717) is 16.8 Å². The lowest BCUT2D eigenvalue weighted by Gasteiger charge is -2.51. The molecule has 11 heteroatoms. The number of carbonyl (C=O) groups excluding carboxylic acids is 4. The van der Waals surface area contributed by atoms with Crippen molar-refractivity contribution in [3.8, 4) is 17.2 Å². The van der Waals surface area contributed by atoms with Gasteiger partial charge in [0.05, 0.1) is 31.7 Å². The number of phenols is 1. The van der Waals surface area contributed by atoms with Gasteiger partial charge in [0.1, 0.15) is 17.2 Å². The molecule has 0 aromatic heterocycles. The summed E-state index contributed by atoms with van der Waals surface area (Å²) in [5.41, 5.74) is 2.46. The molecule has 2 saturated heterocycles. The Morgan fingerprint density at radius 2 is 1.57 bits per heavy atom. The molecule has 6 atom stereocenters. The highest BCUT2D eigenvalue weighted by Gasteiger charge is 2.76. The van der Waals surface area contributed by atoms with Gasteiger partial charge in [-0.1, -0.05) is 30.7 Å². The Morgan fingerprint density at radius 3 is 2.14 bits per heavy atom. The number of alkyl halides is 2. The van der Waals surface area contributed by atoms with E-state index in [9.17, 15) is 24.3 Å². The number of likely N-dealkylation sites (tertiary alicyclic amines) is 1. The third-order valence-corrected chi connectivity index (χ3v) is 10.8. The number of amides is 4. The number of anilines is 1. The first-order valence-electron chi connectivity index (χ1n) is 13.8. The largest absolute Gasteiger partial charge is 0.508 e. The number of aromatic hydroxyl groups is 1. The van der Waals surface area contributed by atoms with E-state index in [-0.39, 0.29) is 41.9 Å². The van der Waals surface area contributed by atoms with Crippen molar-refractivity contribution >= 4 is 52.5 Å². The molecule has 2 aliphatic carbocycles. The Labute approximate surface area is 253 Å². The molecular formula is C31H30Cl2N2O7. The van der Waals surface area contributed by atoms with Crippen molar-refractivity contribution in [2.75, 3.05) is 26.2 Å². The molecule has 0 radical (unpaired) electrons. The Kier molecular flexibility index (Phi) is 6.62. The van der Waals surface area contributed by atoms with Crippen LogP contribution in [0.25, 0.3) is 0 Å². The molecule has 2 aliphatic heterocycles. The summed E-state index contributed by atoms with van der Waals surface area (Å²) in [6, 6.07) is 10.0. The summed E-state index contributed by atoms with van der Waals surface area (Å²) in [6.07, 6.45) is 2.76. The molecule has 9 nitrogen and oxygen atoms in total. The van der Waals surface area contributed by atoms with Gasteiger partial charge in [-0.3, -0.25) is 29.0 Å². The number of fused-ring (bicyclic) bond motifs is 4. The summed E-state index contributed by atoms with van der Waals surface area (Å²) in [5, 5.41) is 10.4. The number of benzene rings is 2. The lowest BCUT2D eigenvalue weighted by molar-refractivity contribution is -0.138. The van der Waals surface area contributed by atoms with Crippen LogP contribution in [0.4, 0.5) is 5.69 Å². The maximum Gasteiger partial charge on any atom is 0.253 e. The van der Waals surface area contributed by atoms with Crippen molar-refractivity contribution in [2.24, 2.45) is 17.8 Å². The number of hydrogen-bond acceptors (Lipinski definition) is 7. The van der Waals surface area contributed by atoms with Crippen LogP contribution in [0, 0.1) is 17.8 Å². The van der Waals surface area contributed by atoms with Crippen LogP contribution in [-0.2, 0) is 25.6 Å². The number of methoxy groups -OCH3 is 2. The average Bonchev–Trinajstić information content (AvgIpc) is 3.31. The van der Waals surface area contributed by atoms with Crippen molar-refractivity contribution in [1.82, 2.24) is 4.90 Å². The van der Waals surface area contributed by atoms with E-state index in [1.165, 1.54) is 38.3 Å². The van der Waals surface area contributed by atoms with Gasteiger partial charge in [0.15, 0.2) is 9.75 Å². The van der Waals surface area contributed by atoms with Crippen molar-refractivity contribution in [3.63, 3.8) is 0 Å². The van der Waals surface area contributed by atoms with Gasteiger partial charge in [-0.05, 0) is 42.9 Å². The van der Waals surface area contributed by atoms with E-state index in [1.807, 2.05) is 25.1 Å². The van der Waals surface area contributed by atoms with Crippen LogP contribution in [0.1, 0.15) is 36.8 Å². The molecule has 0 spiro atoms. The van der Waals surface area contributed by atoms with E-state index in [2.05, 4.69) is 0 Å². The lowest BCUT2D eigenvalue weighted by atomic mass is 9.56. The van der Waals surface area contributed by atoms with Crippen molar-refractivity contribution in [1.29, 1.82) is 0 Å². The van der Waals surface area contributed by atoms with Gasteiger partial charge < -0.3 is 14.6 Å². The van der Waals surface area contributed by atoms with E-state index in [4.69, 9.17) is 32.7 Å². The van der Waals surface area contributed by atoms with Crippen LogP contribution in [0.3, 0.4) is 0 Å². The molecule has 2 aromatic rings. The standard InChI is InChI=1S/C31H30Cl2N2O7/c1-5-15-6-8-16(9-7-15)35-26(37)19-11-10-18-20(23(19)27(35)38)14-30(32)28(39)34(2)29(40)31(30,33)25(18)24-21(41-3)12-17(36)13-22(24)42-4/h6-10,12-13,19-20,23,25,36H,5,11,14H2,1-4H3/t19-,20+,23-,25+,30+,31-/m0/s1. The first-order chi connectivity index (χ1) is 19.9. The quantitative estimate of drug-likeness (QED) is 0.306. The van der Waals surface area contributed by atoms with Crippen LogP contribution in [-0.4, -0.2) is 64.7 Å². The molecular weight excluding hydrogens is 583 g/mol. The fraction of sp³-hybridized carbons (Fsp3) is 0.419. The number of rotatable bonds is 5. The van der Waals surface area contributed by atoms with Gasteiger partial charge in [-0.25, -0.2) is 0 Å². The SMILES string of the molecule is CCc1ccc(N2C(=O)[C@H]3[C@H](CC=C4[C@H]3C[C@@]3(Cl)C(=O)N(C)C(=O)[C@@]3(Cl)[C@H]4c3c(OC)cc(O)cc3OC)C2=O)cc1. The number of phenolic OH excluding ortho intramolecular Hbond substituents is 1. The fourth-order valence-corrected chi connectivity index (χ4v) is 8.41. The maximum absolute atomic E-state index is 14.1. The van der Waals surface area contributed by atoms with Crippen LogP contribution >= 0.6 is 23.2 Å². The third kappa shape index (κ3) is 3.56. The van der Waals surface area contributed by atoms with Gasteiger partial charge >= 0.3 is 0 Å². The van der Waals surface area contributed by atoms with Crippen LogP contribution in [0.15, 0.2) is 48.0 Å². The summed E-state index contributed by atoms with van der Waals surface area (Å²) in [5.74, 6) is -5.17. The predicted octanol–water partition coefficient (Wildman–Crippen LogP) is 4.17. The molecule has 1 saturated carbocycles. The molecule has 2 heterocycles. The van der Waals surface area contributed by atoms with E-state index in [0.717, 1.165) is 16.9 Å². The topological polar surface area (TPSA) is 113 Å². The Hall–Kier alpha value is -3.56. The molecule has 1 N–H and O–H groups in total. The summed E-state index contributed by atoms with van der Waals surface area (Å²) in [7, 11) is 4.12. The summed E-state index contributed by atoms with van der Waals surface area (Å²) in [4.78, 5) is 53.6. The van der Waals surface area contributed by atoms with Crippen molar-refractivity contribution < 1.29 is 33.8 Å². The molecule has 42 heavy (non-hydrogen) atoms. The lowest BCUT2D eigenvalue weighted by Crippen LogP contribution is -2.60. The molecule has 0 bridgehead atoms. The number of allylic oxidation sites excluding steroid dienone is 2. The van der Waals surface area contributed by atoms with E-state index < -0.39 is 45.2 Å². The maximum atomic E-state index is 14.1. The molecule has 2 aromatic carbocycles. The number of ether oxygens (including phenoxy) is 2. The fourth-order valence-electron chi connectivity index (χ4n) is 7.41. The zero-order valence-electron chi connectivity index (χ0n) is 23.5. The Morgan fingerprint density at radius 1 is 0.952 bits per heavy atom. The summed E-state index contributed by atoms with van der Waals surface area (Å²) in [6.45, 7) is 2.02. The van der Waals surface area contributed by atoms with Gasteiger partial charge in [0.25, 0.3) is 11.8 Å². The second-order valence-corrected chi connectivity index (χ2v) is 12.5. The predicted molar refractivity (Wildman–Crippen MR) is 155 cm³/mol. The van der Waals surface area contributed by atoms with Crippen LogP contribution in [0.2, 0.25) is 0 Å². The third-order valence-electron chi connectivity index (χ3n) is 9.43. The van der Waals surface area contributed by atoms with Gasteiger partial charge in [-0.15, -0.1) is 23.2 Å². The average molecular weight is 613 g/mol. The molecule has 6 rings (SSSR count). The van der Waals surface area contributed by atoms with Gasteiger partial charge in [0.2, 0.25) is 11.8 Å². The smallest absolute Gasteiger partial charge is 0.253 e. The summed E-state index contributed by atoms with van der Waals surface area (Å²) < 4.78 is 11.3. The zero-order valence-corrected chi connectivity index (χ0v) is 25.0. The first kappa shape index (κ1) is 28.6. The number of carbonyl (C=O) groups is 4. The minimum atomic E-state index is -2.01. The molecule has 3 fully saturated rings. The van der Waals surface area contributed by atoms with Crippen molar-refractivity contribution in [3.05, 3.63) is 59.2 Å². The minimum Gasteiger partial charge on any atom is -0.508 e. The van der Waals surface area contributed by atoms with E-state index in [1.54, 1.807) is 12.1 Å².